The van der Waals surface area contributed by atoms with Gasteiger partial charge in [-0.1, -0.05) is 68.8 Å². The second-order valence-corrected chi connectivity index (χ2v) is 14.5. The summed E-state index contributed by atoms with van der Waals surface area (Å²) in [6.07, 6.45) is 5.67. The van der Waals surface area contributed by atoms with Crippen molar-refractivity contribution in [2.75, 3.05) is 6.61 Å². The van der Waals surface area contributed by atoms with Gasteiger partial charge in [0.15, 0.2) is 5.96 Å². The fourth-order valence-corrected chi connectivity index (χ4v) is 6.43. The molecule has 6 rings (SSSR count). The van der Waals surface area contributed by atoms with Crippen LogP contribution in [0.2, 0.25) is 5.02 Å². The van der Waals surface area contributed by atoms with Gasteiger partial charge in [0.05, 0.1) is 17.9 Å². The normalized spacial score (nSPS) is 19.1. The van der Waals surface area contributed by atoms with Gasteiger partial charge in [-0.15, -0.1) is 0 Å². The summed E-state index contributed by atoms with van der Waals surface area (Å²) in [6.45, 7) is 4.95. The standard InChI is InChI=1S/C36H38ClF2N7O3/c1-34(2,3)21-36(25-11-8-22(9-12-25)24-18-42-45(19-24)31(38)39)30(47)46(32(40)43-36)29(20-49-33(48)44-35(4)14-15-35)23-10-13-27(37)26(17-23)28-7-5-6-16-41-28/h5-13,16-19,29,31H,14-15,20-21H2,1-4H3,(H2,40,43)(H,44,48)/t29-,36-/m1/s1. The fourth-order valence-electron chi connectivity index (χ4n) is 6.21. The Labute approximate surface area is 288 Å². The molecule has 1 aliphatic carbocycles. The lowest BCUT2D eigenvalue weighted by atomic mass is 9.75. The van der Waals surface area contributed by atoms with E-state index in [2.05, 4.69) is 20.7 Å². The Balaban J connectivity index is 1.39. The first-order chi connectivity index (χ1) is 23.2. The van der Waals surface area contributed by atoms with Crippen molar-refractivity contribution in [3.05, 3.63) is 95.4 Å². The van der Waals surface area contributed by atoms with Crippen LogP contribution in [0.3, 0.4) is 0 Å². The lowest BCUT2D eigenvalue weighted by Crippen LogP contribution is -2.47. The second-order valence-electron chi connectivity index (χ2n) is 14.1. The number of amides is 2. The third kappa shape index (κ3) is 7.15. The van der Waals surface area contributed by atoms with E-state index in [1.54, 1.807) is 54.7 Å². The highest BCUT2D eigenvalue weighted by Gasteiger charge is 2.54. The van der Waals surface area contributed by atoms with Gasteiger partial charge in [-0.05, 0) is 72.6 Å². The van der Waals surface area contributed by atoms with Crippen LogP contribution in [0.4, 0.5) is 13.6 Å². The van der Waals surface area contributed by atoms with E-state index in [9.17, 15) is 18.4 Å². The van der Waals surface area contributed by atoms with E-state index in [4.69, 9.17) is 21.7 Å². The zero-order valence-electron chi connectivity index (χ0n) is 27.6. The molecule has 0 spiro atoms. The van der Waals surface area contributed by atoms with Gasteiger partial charge in [-0.2, -0.15) is 13.9 Å². The summed E-state index contributed by atoms with van der Waals surface area (Å²) in [5.74, 6) is -0.558. The number of hydrogen-bond donors (Lipinski definition) is 3. The Hall–Kier alpha value is -4.84. The molecular formula is C36H38ClF2N7O3. The topological polar surface area (TPSA) is 125 Å². The summed E-state index contributed by atoms with van der Waals surface area (Å²) in [5.41, 5.74) is 1.51. The van der Waals surface area contributed by atoms with Gasteiger partial charge in [-0.25, -0.2) is 9.48 Å². The van der Waals surface area contributed by atoms with Crippen molar-refractivity contribution in [2.24, 2.45) is 5.41 Å². The molecule has 0 bridgehead atoms. The molecule has 3 heterocycles. The van der Waals surface area contributed by atoms with E-state index in [1.165, 1.54) is 17.3 Å². The van der Waals surface area contributed by atoms with Crippen LogP contribution in [-0.2, 0) is 15.1 Å². The molecule has 1 aliphatic heterocycles. The molecule has 2 aromatic heterocycles. The Morgan fingerprint density at radius 2 is 1.86 bits per heavy atom. The number of halogens is 3. The maximum absolute atomic E-state index is 14.9. The highest BCUT2D eigenvalue weighted by molar-refractivity contribution is 6.33. The average Bonchev–Trinajstić information content (AvgIpc) is 3.46. The molecule has 0 unspecified atom stereocenters. The number of alkyl carbamates (subject to hydrolysis) is 1. The SMILES string of the molecule is CC(C)(C)C[C@]1(c2ccc(-c3cnn(C(F)F)c3)cc2)NC(=N)N([C@H](COC(=O)NC2(C)CC2)c2ccc(Cl)c(-c3ccccn3)c2)C1=O. The van der Waals surface area contributed by atoms with Crippen LogP contribution in [-0.4, -0.2) is 49.8 Å². The monoisotopic (exact) mass is 689 g/mol. The summed E-state index contributed by atoms with van der Waals surface area (Å²) >= 11 is 6.62. The minimum Gasteiger partial charge on any atom is -0.447 e. The van der Waals surface area contributed by atoms with Crippen LogP contribution in [0.15, 0.2) is 79.3 Å². The van der Waals surface area contributed by atoms with Crippen LogP contribution < -0.4 is 10.6 Å². The molecule has 3 N–H and O–H groups in total. The third-order valence-corrected chi connectivity index (χ3v) is 9.20. The first kappa shape index (κ1) is 34.0. The summed E-state index contributed by atoms with van der Waals surface area (Å²) in [4.78, 5) is 33.6. The third-order valence-electron chi connectivity index (χ3n) is 8.87. The van der Waals surface area contributed by atoms with Gasteiger partial charge in [0, 0.05) is 34.1 Å². The number of alkyl halides is 2. The molecule has 10 nitrogen and oxygen atoms in total. The number of ether oxygens (including phenoxy) is 1. The molecule has 49 heavy (non-hydrogen) atoms. The minimum absolute atomic E-state index is 0.158. The molecule has 4 aromatic rings. The smallest absolute Gasteiger partial charge is 0.407 e. The summed E-state index contributed by atoms with van der Waals surface area (Å²) in [6, 6.07) is 16.8. The molecular weight excluding hydrogens is 652 g/mol. The van der Waals surface area contributed by atoms with Gasteiger partial charge < -0.3 is 15.4 Å². The number of guanidine groups is 1. The Morgan fingerprint density at radius 3 is 2.47 bits per heavy atom. The maximum Gasteiger partial charge on any atom is 0.407 e. The van der Waals surface area contributed by atoms with Crippen molar-refractivity contribution in [2.45, 2.75) is 70.6 Å². The van der Waals surface area contributed by atoms with Crippen molar-refractivity contribution < 1.29 is 23.1 Å². The highest BCUT2D eigenvalue weighted by atomic mass is 35.5. The summed E-state index contributed by atoms with van der Waals surface area (Å²) < 4.78 is 32.7. The first-order valence-electron chi connectivity index (χ1n) is 16.0. The van der Waals surface area contributed by atoms with Gasteiger partial charge in [0.25, 0.3) is 5.91 Å². The van der Waals surface area contributed by atoms with Gasteiger partial charge in [0.1, 0.15) is 12.1 Å². The maximum atomic E-state index is 14.9. The van der Waals surface area contributed by atoms with E-state index in [-0.39, 0.29) is 23.5 Å². The molecule has 2 amide bonds. The number of pyridine rings is 1. The largest absolute Gasteiger partial charge is 0.447 e. The van der Waals surface area contributed by atoms with E-state index < -0.39 is 30.1 Å². The number of benzene rings is 2. The van der Waals surface area contributed by atoms with Crippen LogP contribution in [0, 0.1) is 10.8 Å². The van der Waals surface area contributed by atoms with Gasteiger partial charge in [0.2, 0.25) is 0 Å². The molecule has 2 atom stereocenters. The van der Waals surface area contributed by atoms with Crippen LogP contribution in [0.1, 0.15) is 70.7 Å². The second kappa shape index (κ2) is 12.9. The van der Waals surface area contributed by atoms with E-state index >= 15 is 0 Å². The molecule has 2 aromatic carbocycles. The lowest BCUT2D eigenvalue weighted by molar-refractivity contribution is -0.134. The molecule has 2 aliphatic rings. The van der Waals surface area contributed by atoms with Crippen LogP contribution in [0.25, 0.3) is 22.4 Å². The Morgan fingerprint density at radius 1 is 1.12 bits per heavy atom. The Bertz CT molecular complexity index is 1870. The van der Waals surface area contributed by atoms with Crippen molar-refractivity contribution in [3.8, 4) is 22.4 Å². The van der Waals surface area contributed by atoms with Gasteiger partial charge in [-0.3, -0.25) is 20.1 Å². The summed E-state index contributed by atoms with van der Waals surface area (Å²) in [7, 11) is 0. The van der Waals surface area contributed by atoms with Crippen molar-refractivity contribution >= 4 is 29.6 Å². The highest BCUT2D eigenvalue weighted by Crippen LogP contribution is 2.43. The number of aromatic nitrogens is 3. The number of nitrogens with zero attached hydrogens (tertiary/aromatic N) is 4. The van der Waals surface area contributed by atoms with E-state index in [0.29, 0.717) is 49.6 Å². The molecule has 256 valence electrons. The molecule has 1 saturated heterocycles. The molecule has 0 radical (unpaired) electrons. The summed E-state index contributed by atoms with van der Waals surface area (Å²) in [5, 5.41) is 19.4. The van der Waals surface area contributed by atoms with Crippen molar-refractivity contribution in [3.63, 3.8) is 0 Å². The zero-order chi connectivity index (χ0) is 35.1. The zero-order valence-corrected chi connectivity index (χ0v) is 28.4. The first-order valence-corrected chi connectivity index (χ1v) is 16.4. The predicted octanol–water partition coefficient (Wildman–Crippen LogP) is 7.68. The minimum atomic E-state index is -2.76. The van der Waals surface area contributed by atoms with Crippen molar-refractivity contribution in [1.29, 1.82) is 5.41 Å². The molecule has 2 fully saturated rings. The molecule has 1 saturated carbocycles. The fraction of sp³-hybridized carbons (Fsp3) is 0.361. The van der Waals surface area contributed by atoms with Crippen LogP contribution in [0.5, 0.6) is 0 Å². The quantitative estimate of drug-likeness (QED) is 0.157. The number of carbonyl (C=O) groups is 2. The Kier molecular flexibility index (Phi) is 8.95. The number of hydrogen-bond acceptors (Lipinski definition) is 6. The van der Waals surface area contributed by atoms with Crippen LogP contribution >= 0.6 is 11.6 Å². The molecule has 13 heteroatoms. The van der Waals surface area contributed by atoms with Crippen molar-refractivity contribution in [1.82, 2.24) is 30.3 Å². The predicted molar refractivity (Wildman–Crippen MR) is 182 cm³/mol. The number of nitrogens with one attached hydrogen (secondary N) is 3. The lowest BCUT2D eigenvalue weighted by Gasteiger charge is -2.35. The van der Waals surface area contributed by atoms with E-state index in [0.717, 1.165) is 12.8 Å². The average molecular weight is 690 g/mol. The number of carbonyl (C=O) groups excluding carboxylic acids is 2. The van der Waals surface area contributed by atoms with E-state index in [1.807, 2.05) is 39.8 Å². The number of rotatable bonds is 10. The van der Waals surface area contributed by atoms with Gasteiger partial charge >= 0.3 is 12.6 Å².